The highest BCUT2D eigenvalue weighted by atomic mass is 32.2. The zero-order valence-corrected chi connectivity index (χ0v) is 23.7. The highest BCUT2D eigenvalue weighted by Crippen LogP contribution is 2.15. The molecule has 0 amide bonds. The summed E-state index contributed by atoms with van der Waals surface area (Å²) in [5, 5.41) is 12.1. The lowest BCUT2D eigenvalue weighted by Gasteiger charge is -2.04. The molecule has 210 valence electrons. The third-order valence-corrected chi connectivity index (χ3v) is 7.31. The molecule has 2 N–H and O–H groups in total. The van der Waals surface area contributed by atoms with Gasteiger partial charge >= 0.3 is 0 Å². The maximum atomic E-state index is 12.1. The molecule has 0 saturated heterocycles. The van der Waals surface area contributed by atoms with E-state index < -0.39 is 10.1 Å². The number of hydrogen-bond donors (Lipinski definition) is 2. The minimum Gasteiger partial charge on any atom is -0.410 e. The van der Waals surface area contributed by atoms with Crippen LogP contribution in [0.3, 0.4) is 0 Å². The minimum atomic E-state index is -4.06. The van der Waals surface area contributed by atoms with E-state index in [1.54, 1.807) is 60.7 Å². The number of nitrogens with zero attached hydrogens (tertiary/aromatic N) is 1. The van der Waals surface area contributed by atoms with Gasteiger partial charge in [-0.3, -0.25) is 9.35 Å². The Bertz CT molecular complexity index is 1220. The summed E-state index contributed by atoms with van der Waals surface area (Å²) in [5.41, 5.74) is 2.29. The van der Waals surface area contributed by atoms with E-state index in [0.717, 1.165) is 18.4 Å². The highest BCUT2D eigenvalue weighted by molar-refractivity contribution is 7.85. The van der Waals surface area contributed by atoms with Crippen molar-refractivity contribution in [3.05, 3.63) is 102 Å². The predicted molar refractivity (Wildman–Crippen MR) is 157 cm³/mol. The molecular formula is C32H41NO5S. The largest absolute Gasteiger partial charge is 0.410 e. The van der Waals surface area contributed by atoms with Crippen molar-refractivity contribution in [1.29, 1.82) is 0 Å². The summed E-state index contributed by atoms with van der Waals surface area (Å²) < 4.78 is 30.8. The van der Waals surface area contributed by atoms with E-state index in [1.165, 1.54) is 69.9 Å². The first-order valence-corrected chi connectivity index (χ1v) is 15.2. The van der Waals surface area contributed by atoms with Crippen LogP contribution in [-0.4, -0.2) is 29.7 Å². The molecule has 0 spiro atoms. The molecule has 0 atom stereocenters. The molecule has 39 heavy (non-hydrogen) atoms. The van der Waals surface area contributed by atoms with Gasteiger partial charge in [0.05, 0.1) is 4.90 Å². The van der Waals surface area contributed by atoms with Gasteiger partial charge in [-0.25, -0.2) is 0 Å². The Balaban J connectivity index is 0.000000282. The Labute approximate surface area is 233 Å². The van der Waals surface area contributed by atoms with Crippen LogP contribution in [0, 0.1) is 0 Å². The van der Waals surface area contributed by atoms with Crippen molar-refractivity contribution in [2.24, 2.45) is 5.16 Å². The maximum absolute atomic E-state index is 12.1. The molecule has 3 aromatic rings. The molecule has 3 rings (SSSR count). The van der Waals surface area contributed by atoms with Crippen LogP contribution in [0.1, 0.15) is 92.6 Å². The second kappa shape index (κ2) is 18.1. The Morgan fingerprint density at radius 2 is 1.13 bits per heavy atom. The zero-order chi connectivity index (χ0) is 28.3. The van der Waals surface area contributed by atoms with E-state index in [9.17, 15) is 13.2 Å². The molecule has 0 fully saturated rings. The second-order valence-corrected chi connectivity index (χ2v) is 11.0. The number of hydrogen-bond acceptors (Lipinski definition) is 5. The Morgan fingerprint density at radius 1 is 0.667 bits per heavy atom. The molecule has 0 aliphatic carbocycles. The molecule has 6 nitrogen and oxygen atoms in total. The van der Waals surface area contributed by atoms with Gasteiger partial charge in [-0.05, 0) is 30.5 Å². The number of unbranched alkanes of at least 4 members (excludes halogenated alkanes) is 9. The van der Waals surface area contributed by atoms with Crippen LogP contribution in [0.5, 0.6) is 0 Å². The summed E-state index contributed by atoms with van der Waals surface area (Å²) in [6.45, 7) is 2.25. The third kappa shape index (κ3) is 12.4. The van der Waals surface area contributed by atoms with E-state index in [-0.39, 0.29) is 16.4 Å². The van der Waals surface area contributed by atoms with Crippen molar-refractivity contribution in [1.82, 2.24) is 0 Å². The lowest BCUT2D eigenvalue weighted by atomic mass is 10.0. The number of rotatable bonds is 15. The first-order valence-electron chi connectivity index (χ1n) is 13.8. The van der Waals surface area contributed by atoms with Crippen LogP contribution < -0.4 is 0 Å². The molecule has 0 aromatic heterocycles. The number of carbonyl (C=O) groups excluding carboxylic acids is 1. The van der Waals surface area contributed by atoms with Crippen LogP contribution in [0.2, 0.25) is 0 Å². The van der Waals surface area contributed by atoms with Crippen LogP contribution >= 0.6 is 0 Å². The fraction of sp³-hybridized carbons (Fsp3) is 0.375. The standard InChI is InChI=1S/C18H30O3S.C14H11NO2/c1-2-3-4-5-6-7-8-9-10-11-12-17-13-15-18(16-14-17)22(19,20)21;16-14(12-9-5-2-6-10-12)13(15-17)11-7-3-1-4-8-11/h13-16H,2-12H2,1H3,(H,19,20,21);1-10,17H. The van der Waals surface area contributed by atoms with Crippen LogP contribution in [0.15, 0.2) is 95.0 Å². The molecule has 3 aromatic carbocycles. The van der Waals surface area contributed by atoms with Gasteiger partial charge in [-0.15, -0.1) is 0 Å². The van der Waals surface area contributed by atoms with Crippen molar-refractivity contribution in [2.45, 2.75) is 82.4 Å². The molecule has 0 aliphatic rings. The Kier molecular flexibility index (Phi) is 14.8. The van der Waals surface area contributed by atoms with Crippen LogP contribution in [0.4, 0.5) is 0 Å². The Morgan fingerprint density at radius 3 is 1.59 bits per heavy atom. The fourth-order valence-electron chi connectivity index (χ4n) is 4.20. The molecule has 0 radical (unpaired) electrons. The molecule has 0 saturated carbocycles. The number of benzene rings is 3. The monoisotopic (exact) mass is 551 g/mol. The lowest BCUT2D eigenvalue weighted by Crippen LogP contribution is -2.15. The molecular weight excluding hydrogens is 510 g/mol. The average Bonchev–Trinajstić information content (AvgIpc) is 2.95. The van der Waals surface area contributed by atoms with E-state index in [4.69, 9.17) is 9.76 Å². The summed E-state index contributed by atoms with van der Waals surface area (Å²) in [7, 11) is -4.06. The third-order valence-electron chi connectivity index (χ3n) is 6.44. The van der Waals surface area contributed by atoms with Crippen molar-refractivity contribution in [2.75, 3.05) is 0 Å². The van der Waals surface area contributed by atoms with E-state index in [0.29, 0.717) is 11.1 Å². The van der Waals surface area contributed by atoms with Crippen LogP contribution in [0.25, 0.3) is 0 Å². The summed E-state index contributed by atoms with van der Waals surface area (Å²) in [5.74, 6) is -0.292. The minimum absolute atomic E-state index is 0.0284. The lowest BCUT2D eigenvalue weighted by molar-refractivity contribution is 0.106. The number of Topliss-reactive ketones (excluding diaryl/α,β-unsaturated/α-hetero) is 1. The topological polar surface area (TPSA) is 104 Å². The van der Waals surface area contributed by atoms with Gasteiger partial charge in [0.1, 0.15) is 0 Å². The SMILES string of the molecule is CCCCCCCCCCCCc1ccc(S(=O)(=O)O)cc1.O=C(C(=NO)c1ccccc1)c1ccccc1. The molecule has 0 bridgehead atoms. The van der Waals surface area contributed by atoms with Gasteiger partial charge < -0.3 is 5.21 Å². The molecule has 0 aliphatic heterocycles. The Hall–Kier alpha value is -3.29. The molecule has 0 unspecified atom stereocenters. The van der Waals surface area contributed by atoms with Crippen molar-refractivity contribution in [3.63, 3.8) is 0 Å². The quantitative estimate of drug-likeness (QED) is 0.0495. The van der Waals surface area contributed by atoms with Gasteiger partial charge in [-0.1, -0.05) is 143 Å². The summed E-state index contributed by atoms with van der Waals surface area (Å²) in [6, 6.07) is 24.2. The number of ketones is 1. The average molecular weight is 552 g/mol. The van der Waals surface area contributed by atoms with E-state index in [2.05, 4.69) is 12.1 Å². The van der Waals surface area contributed by atoms with Crippen molar-refractivity contribution >= 4 is 21.6 Å². The zero-order valence-electron chi connectivity index (χ0n) is 22.8. The first kappa shape index (κ1) is 31.9. The second-order valence-electron chi connectivity index (χ2n) is 9.56. The normalized spacial score (nSPS) is 11.5. The maximum Gasteiger partial charge on any atom is 0.294 e. The smallest absolute Gasteiger partial charge is 0.294 e. The molecule has 7 heteroatoms. The first-order chi connectivity index (χ1) is 18.9. The summed E-state index contributed by atoms with van der Waals surface area (Å²) in [6.07, 6.45) is 14.1. The molecule has 0 heterocycles. The highest BCUT2D eigenvalue weighted by Gasteiger charge is 2.16. The number of aryl methyl sites for hydroxylation is 1. The summed E-state index contributed by atoms with van der Waals surface area (Å²) >= 11 is 0. The van der Waals surface area contributed by atoms with E-state index >= 15 is 0 Å². The van der Waals surface area contributed by atoms with Gasteiger partial charge in [0.25, 0.3) is 10.1 Å². The number of oxime groups is 1. The fourth-order valence-corrected chi connectivity index (χ4v) is 4.68. The van der Waals surface area contributed by atoms with Gasteiger partial charge in [0, 0.05) is 11.1 Å². The summed E-state index contributed by atoms with van der Waals surface area (Å²) in [4.78, 5) is 12.1. The number of carbonyl (C=O) groups is 1. The van der Waals surface area contributed by atoms with E-state index in [1.807, 2.05) is 12.1 Å². The van der Waals surface area contributed by atoms with Gasteiger partial charge in [0.15, 0.2) is 5.71 Å². The van der Waals surface area contributed by atoms with Gasteiger partial charge in [-0.2, -0.15) is 8.42 Å². The predicted octanol–water partition coefficient (Wildman–Crippen LogP) is 8.14. The van der Waals surface area contributed by atoms with Crippen molar-refractivity contribution < 1.29 is 23.0 Å². The van der Waals surface area contributed by atoms with Crippen LogP contribution in [-0.2, 0) is 16.5 Å². The van der Waals surface area contributed by atoms with Crippen molar-refractivity contribution in [3.8, 4) is 0 Å². The van der Waals surface area contributed by atoms with Gasteiger partial charge in [0.2, 0.25) is 5.78 Å².